The molecular weight excluding hydrogens is 719 g/mol. The number of anilines is 3. The van der Waals surface area contributed by atoms with E-state index < -0.39 is 5.41 Å². The molecule has 1 aliphatic heterocycles. The fourth-order valence-electron chi connectivity index (χ4n) is 9.94. The zero-order chi connectivity index (χ0) is 39.7. The molecule has 8 aromatic carbocycles. The smallest absolute Gasteiger partial charge is 0.194 e. The van der Waals surface area contributed by atoms with Crippen molar-refractivity contribution in [3.05, 3.63) is 229 Å². The number of allylic oxidation sites excluding steroid dienone is 2. The van der Waals surface area contributed by atoms with Crippen molar-refractivity contribution in [2.75, 3.05) is 4.90 Å². The molecule has 1 heterocycles. The highest BCUT2D eigenvalue weighted by Gasteiger charge is 2.53. The van der Waals surface area contributed by atoms with Crippen LogP contribution in [0.25, 0.3) is 39.0 Å². The van der Waals surface area contributed by atoms with Crippen LogP contribution in [0.4, 0.5) is 17.1 Å². The lowest BCUT2D eigenvalue weighted by molar-refractivity contribution is 0.361. The summed E-state index contributed by atoms with van der Waals surface area (Å²) in [6.07, 6.45) is 3.83. The third-order valence-electron chi connectivity index (χ3n) is 12.4. The predicted octanol–water partition coefficient (Wildman–Crippen LogP) is 15.2. The van der Waals surface area contributed by atoms with Crippen LogP contribution < -0.4 is 14.4 Å². The summed E-state index contributed by atoms with van der Waals surface area (Å²) in [5.41, 5.74) is 17.6. The molecule has 0 fully saturated rings. The Morgan fingerprint density at radius 3 is 1.88 bits per heavy atom. The standard InChI is InChI=1S/C56H41NO2/c1-4-18-37-31-32-39(35-44(37)36(3)5-2)57(49-28-16-12-21-40(49)38-19-7-6-8-20-38)50-29-17-30-51-54(50)59-55-52(58-51)34-33-48-53(55)43-24-11-15-27-47(43)56(48)45-25-13-9-22-41(45)42-23-10-14-26-46(42)56/h5-17,19-35H,2-4,18H2,1H3. The summed E-state index contributed by atoms with van der Waals surface area (Å²) >= 11 is 0. The molecule has 282 valence electrons. The third kappa shape index (κ3) is 5.08. The van der Waals surface area contributed by atoms with E-state index in [0.29, 0.717) is 17.2 Å². The minimum absolute atomic E-state index is 0.498. The van der Waals surface area contributed by atoms with Crippen LogP contribution in [0.5, 0.6) is 23.0 Å². The predicted molar refractivity (Wildman–Crippen MR) is 243 cm³/mol. The van der Waals surface area contributed by atoms with Gasteiger partial charge in [-0.3, -0.25) is 0 Å². The quantitative estimate of drug-likeness (QED) is 0.144. The lowest BCUT2D eigenvalue weighted by atomic mass is 9.70. The molecule has 3 aliphatic rings. The molecule has 0 amide bonds. The van der Waals surface area contributed by atoms with Gasteiger partial charge in [-0.15, -0.1) is 0 Å². The number of ether oxygens (including phenoxy) is 2. The average molecular weight is 760 g/mol. The van der Waals surface area contributed by atoms with E-state index in [1.54, 1.807) is 0 Å². The molecule has 3 nitrogen and oxygen atoms in total. The van der Waals surface area contributed by atoms with Gasteiger partial charge in [0, 0.05) is 16.8 Å². The number of aryl methyl sites for hydroxylation is 1. The van der Waals surface area contributed by atoms with Crippen LogP contribution in [0.3, 0.4) is 0 Å². The van der Waals surface area contributed by atoms with Gasteiger partial charge in [0.05, 0.1) is 16.8 Å². The Kier molecular flexibility index (Phi) is 8.06. The molecule has 0 bridgehead atoms. The number of nitrogens with zero attached hydrogens (tertiary/aromatic N) is 1. The Balaban J connectivity index is 1.15. The normalized spacial score (nSPS) is 13.2. The highest BCUT2D eigenvalue weighted by molar-refractivity contribution is 5.99. The first kappa shape index (κ1) is 34.9. The average Bonchev–Trinajstić information content (AvgIpc) is 3.77. The first-order chi connectivity index (χ1) is 29.1. The minimum Gasteiger partial charge on any atom is -0.449 e. The summed E-state index contributed by atoms with van der Waals surface area (Å²) in [6, 6.07) is 63.0. The van der Waals surface area contributed by atoms with Crippen molar-refractivity contribution < 1.29 is 9.47 Å². The molecule has 11 rings (SSSR count). The van der Waals surface area contributed by atoms with Crippen LogP contribution in [0.1, 0.15) is 46.7 Å². The van der Waals surface area contributed by atoms with Crippen molar-refractivity contribution in [1.29, 1.82) is 0 Å². The SMILES string of the molecule is C=CC(=C)c1cc(N(c2ccccc2-c2ccccc2)c2cccc3c2Oc2c(ccc4c2-c2ccccc2C42c4ccccc4-c4ccccc42)O3)ccc1CCC. The van der Waals surface area contributed by atoms with Crippen molar-refractivity contribution >= 4 is 22.6 Å². The van der Waals surface area contributed by atoms with Gasteiger partial charge in [0.2, 0.25) is 0 Å². The highest BCUT2D eigenvalue weighted by Crippen LogP contribution is 2.67. The Labute approximate surface area is 345 Å². The van der Waals surface area contributed by atoms with E-state index in [1.807, 2.05) is 12.1 Å². The van der Waals surface area contributed by atoms with E-state index in [2.05, 4.69) is 195 Å². The summed E-state index contributed by atoms with van der Waals surface area (Å²) in [7, 11) is 0. The largest absolute Gasteiger partial charge is 0.449 e. The number of para-hydroxylation sites is 2. The van der Waals surface area contributed by atoms with Crippen LogP contribution in [0.2, 0.25) is 0 Å². The first-order valence-electron chi connectivity index (χ1n) is 20.5. The lowest BCUT2D eigenvalue weighted by Gasteiger charge is -2.33. The molecular formula is C56H41NO2. The molecule has 8 aromatic rings. The maximum Gasteiger partial charge on any atom is 0.194 e. The maximum absolute atomic E-state index is 7.42. The third-order valence-corrected chi connectivity index (χ3v) is 12.4. The second-order valence-corrected chi connectivity index (χ2v) is 15.6. The highest BCUT2D eigenvalue weighted by atomic mass is 16.6. The Bertz CT molecular complexity index is 2970. The van der Waals surface area contributed by atoms with Gasteiger partial charge in [-0.1, -0.05) is 172 Å². The number of rotatable bonds is 8. The molecule has 0 saturated carbocycles. The Hall–Kier alpha value is -7.36. The molecule has 0 N–H and O–H groups in total. The van der Waals surface area contributed by atoms with E-state index in [-0.39, 0.29) is 0 Å². The molecule has 0 aromatic heterocycles. The number of benzene rings is 8. The van der Waals surface area contributed by atoms with Gasteiger partial charge in [0.1, 0.15) is 0 Å². The summed E-state index contributed by atoms with van der Waals surface area (Å²) in [4.78, 5) is 2.31. The molecule has 0 radical (unpaired) electrons. The lowest BCUT2D eigenvalue weighted by Crippen LogP contribution is -2.25. The van der Waals surface area contributed by atoms with Gasteiger partial charge in [0.25, 0.3) is 0 Å². The summed E-state index contributed by atoms with van der Waals surface area (Å²) in [6.45, 7) is 10.7. The molecule has 59 heavy (non-hydrogen) atoms. The van der Waals surface area contributed by atoms with E-state index in [1.165, 1.54) is 38.9 Å². The zero-order valence-electron chi connectivity index (χ0n) is 32.9. The van der Waals surface area contributed by atoms with Gasteiger partial charge in [-0.2, -0.15) is 0 Å². The van der Waals surface area contributed by atoms with E-state index >= 15 is 0 Å². The molecule has 0 unspecified atom stereocenters. The number of hydrogen-bond acceptors (Lipinski definition) is 3. The molecule has 3 heteroatoms. The van der Waals surface area contributed by atoms with Crippen LogP contribution in [-0.4, -0.2) is 0 Å². The summed E-state index contributed by atoms with van der Waals surface area (Å²) in [5.74, 6) is 2.74. The van der Waals surface area contributed by atoms with Gasteiger partial charge >= 0.3 is 0 Å². The Morgan fingerprint density at radius 1 is 0.559 bits per heavy atom. The van der Waals surface area contributed by atoms with Crippen LogP contribution in [-0.2, 0) is 11.8 Å². The second-order valence-electron chi connectivity index (χ2n) is 15.6. The van der Waals surface area contributed by atoms with Crippen molar-refractivity contribution in [1.82, 2.24) is 0 Å². The van der Waals surface area contributed by atoms with Gasteiger partial charge in [0.15, 0.2) is 23.0 Å². The zero-order valence-corrected chi connectivity index (χ0v) is 32.9. The van der Waals surface area contributed by atoms with Crippen LogP contribution >= 0.6 is 0 Å². The van der Waals surface area contributed by atoms with Crippen LogP contribution in [0.15, 0.2) is 195 Å². The van der Waals surface area contributed by atoms with Gasteiger partial charge in [-0.25, -0.2) is 0 Å². The summed E-state index contributed by atoms with van der Waals surface area (Å²) < 4.78 is 14.4. The maximum atomic E-state index is 7.42. The van der Waals surface area contributed by atoms with Crippen molar-refractivity contribution in [2.45, 2.75) is 25.2 Å². The minimum atomic E-state index is -0.498. The van der Waals surface area contributed by atoms with Gasteiger partial charge < -0.3 is 14.4 Å². The molecule has 0 atom stereocenters. The van der Waals surface area contributed by atoms with Crippen molar-refractivity contribution in [2.24, 2.45) is 0 Å². The number of fused-ring (bicyclic) bond motifs is 13. The van der Waals surface area contributed by atoms with E-state index in [0.717, 1.165) is 69.0 Å². The van der Waals surface area contributed by atoms with E-state index in [9.17, 15) is 0 Å². The second kappa shape index (κ2) is 13.6. The van der Waals surface area contributed by atoms with Gasteiger partial charge in [-0.05, 0) is 104 Å². The van der Waals surface area contributed by atoms with E-state index in [4.69, 9.17) is 9.47 Å². The summed E-state index contributed by atoms with van der Waals surface area (Å²) in [5, 5.41) is 0. The first-order valence-corrected chi connectivity index (χ1v) is 20.5. The van der Waals surface area contributed by atoms with Crippen molar-refractivity contribution in [3.8, 4) is 56.4 Å². The monoisotopic (exact) mass is 759 g/mol. The number of hydrogen-bond donors (Lipinski definition) is 0. The van der Waals surface area contributed by atoms with Crippen LogP contribution in [0, 0.1) is 0 Å². The molecule has 1 spiro atoms. The Morgan fingerprint density at radius 2 is 1.17 bits per heavy atom. The molecule has 2 aliphatic carbocycles. The topological polar surface area (TPSA) is 21.7 Å². The fourth-order valence-corrected chi connectivity index (χ4v) is 9.94. The fraction of sp³-hybridized carbons (Fsp3) is 0.0714. The molecule has 0 saturated heterocycles. The van der Waals surface area contributed by atoms with Crippen molar-refractivity contribution in [3.63, 3.8) is 0 Å².